The first-order valence-corrected chi connectivity index (χ1v) is 12.1. The third-order valence-electron chi connectivity index (χ3n) is 3.21. The van der Waals surface area contributed by atoms with E-state index in [4.69, 9.17) is 38.5 Å². The Bertz CT molecular complexity index is 294. The van der Waals surface area contributed by atoms with Crippen molar-refractivity contribution >= 4 is 15.6 Å². The molecule has 0 aromatic carbocycles. The van der Waals surface area contributed by atoms with Gasteiger partial charge in [-0.15, -0.1) is 0 Å². The van der Waals surface area contributed by atoms with Crippen LogP contribution in [0.3, 0.4) is 0 Å². The van der Waals surface area contributed by atoms with E-state index >= 15 is 0 Å². The third-order valence-corrected chi connectivity index (χ3v) is 3.21. The fraction of sp³-hybridized carbons (Fsp3) is 1.00. The first-order valence-electron chi connectivity index (χ1n) is 8.98. The number of phosphoric acid groups is 2. The molecule has 0 aliphatic carbocycles. The second-order valence-corrected chi connectivity index (χ2v) is 7.97. The summed E-state index contributed by atoms with van der Waals surface area (Å²) in [4.78, 5) is 43.1. The quantitative estimate of drug-likeness (QED) is 0.193. The van der Waals surface area contributed by atoms with Gasteiger partial charge in [-0.25, -0.2) is 9.13 Å². The Morgan fingerprint density at radius 1 is 0.481 bits per heavy atom. The Morgan fingerprint density at radius 3 is 0.704 bits per heavy atom. The molecule has 0 atom stereocenters. The van der Waals surface area contributed by atoms with Crippen molar-refractivity contribution in [2.75, 3.05) is 0 Å². The normalized spacial score (nSPS) is 10.4. The van der Waals surface area contributed by atoms with Crippen LogP contribution in [0.4, 0.5) is 0 Å². The monoisotopic (exact) mass is 442 g/mol. The van der Waals surface area contributed by atoms with Crippen molar-refractivity contribution in [1.82, 2.24) is 0 Å². The predicted octanol–water partition coefficient (Wildman–Crippen LogP) is 4.05. The highest BCUT2D eigenvalue weighted by atomic mass is 31.2. The maximum absolute atomic E-state index is 8.88. The van der Waals surface area contributed by atoms with Crippen LogP contribution in [0.2, 0.25) is 0 Å². The molecule has 0 radical (unpaired) electrons. The summed E-state index contributed by atoms with van der Waals surface area (Å²) in [5.74, 6) is 0. The van der Waals surface area contributed by atoms with Gasteiger partial charge in [-0.1, -0.05) is 105 Å². The molecule has 0 saturated heterocycles. The summed E-state index contributed by atoms with van der Waals surface area (Å²) in [5.41, 5.74) is 0. The van der Waals surface area contributed by atoms with Gasteiger partial charge in [-0.3, -0.25) is 0 Å². The molecular formula is C16H44O9P2. The molecule has 0 heterocycles. The van der Waals surface area contributed by atoms with Crippen LogP contribution in [0.5, 0.6) is 0 Å². The van der Waals surface area contributed by atoms with Gasteiger partial charge in [0.25, 0.3) is 0 Å². The van der Waals surface area contributed by atoms with Crippen LogP contribution in [0.1, 0.15) is 105 Å². The number of hydrogen-bond acceptors (Lipinski definition) is 2. The number of rotatable bonds is 12. The molecule has 0 aromatic rings. The largest absolute Gasteiger partial charge is 0.466 e. The summed E-state index contributed by atoms with van der Waals surface area (Å²) in [6.45, 7) is 4.58. The van der Waals surface area contributed by atoms with E-state index in [-0.39, 0.29) is 12.9 Å². The van der Waals surface area contributed by atoms with E-state index in [1.54, 1.807) is 0 Å². The van der Waals surface area contributed by atoms with Crippen LogP contribution in [0.25, 0.3) is 0 Å². The van der Waals surface area contributed by atoms with Gasteiger partial charge in [0.2, 0.25) is 0 Å². The smallest absolute Gasteiger partial charge is 0.412 e. The zero-order valence-corrected chi connectivity index (χ0v) is 17.9. The van der Waals surface area contributed by atoms with Crippen LogP contribution in [0.15, 0.2) is 0 Å². The van der Waals surface area contributed by atoms with Gasteiger partial charge < -0.3 is 34.8 Å². The Labute approximate surface area is 165 Å². The molecule has 11 heteroatoms. The molecule has 0 aromatic heterocycles. The SMILES string of the molecule is C.CCCCCCCCCCCCCCC.O.O=P(O)(O)O.O=P(O)(O)O. The standard InChI is InChI=1S/C15H32.CH4.2H3O4P.H2O/c1-3-5-7-9-11-13-15-14-12-10-8-6-4-2;;2*1-5(2,3)4;/h3-15H2,1-2H3;1H4;2*(H3,1,2,3,4);1H2. The maximum atomic E-state index is 8.88. The first kappa shape index (κ1) is 37.9. The fourth-order valence-electron chi connectivity index (χ4n) is 2.09. The molecule has 0 saturated carbocycles. The van der Waals surface area contributed by atoms with Gasteiger partial charge in [0.05, 0.1) is 0 Å². The highest BCUT2D eigenvalue weighted by molar-refractivity contribution is 7.45. The Hall–Kier alpha value is 0.180. The molecule has 0 aliphatic heterocycles. The fourth-order valence-corrected chi connectivity index (χ4v) is 2.09. The minimum absolute atomic E-state index is 0. The topological polar surface area (TPSA) is 187 Å². The molecule has 0 bridgehead atoms. The minimum atomic E-state index is -4.64. The summed E-state index contributed by atoms with van der Waals surface area (Å²) in [6.07, 6.45) is 18.9. The van der Waals surface area contributed by atoms with Crippen LogP contribution in [-0.4, -0.2) is 34.8 Å². The lowest BCUT2D eigenvalue weighted by Gasteiger charge is -2.01. The van der Waals surface area contributed by atoms with Crippen molar-refractivity contribution in [2.45, 2.75) is 105 Å². The summed E-state index contributed by atoms with van der Waals surface area (Å²) in [5, 5.41) is 0. The summed E-state index contributed by atoms with van der Waals surface area (Å²) >= 11 is 0. The summed E-state index contributed by atoms with van der Waals surface area (Å²) in [7, 11) is -9.28. The molecule has 0 rings (SSSR count). The molecule has 8 N–H and O–H groups in total. The highest BCUT2D eigenvalue weighted by Gasteiger charge is 2.00. The molecule has 0 spiro atoms. The third kappa shape index (κ3) is 103. The number of unbranched alkanes of at least 4 members (excludes halogenated alkanes) is 12. The molecule has 27 heavy (non-hydrogen) atoms. The van der Waals surface area contributed by atoms with E-state index in [9.17, 15) is 0 Å². The van der Waals surface area contributed by atoms with E-state index in [0.29, 0.717) is 0 Å². The van der Waals surface area contributed by atoms with Crippen LogP contribution in [-0.2, 0) is 9.13 Å². The van der Waals surface area contributed by atoms with Crippen molar-refractivity contribution in [3.05, 3.63) is 0 Å². The van der Waals surface area contributed by atoms with E-state index in [2.05, 4.69) is 13.8 Å². The van der Waals surface area contributed by atoms with E-state index in [0.717, 1.165) is 0 Å². The molecule has 0 fully saturated rings. The first-order chi connectivity index (χ1) is 11.4. The molecule has 172 valence electrons. The van der Waals surface area contributed by atoms with Crippen molar-refractivity contribution in [2.24, 2.45) is 0 Å². The van der Waals surface area contributed by atoms with Crippen molar-refractivity contribution < 1.29 is 44.0 Å². The minimum Gasteiger partial charge on any atom is -0.412 e. The van der Waals surface area contributed by atoms with Gasteiger partial charge in [0, 0.05) is 0 Å². The zero-order valence-electron chi connectivity index (χ0n) is 16.1. The molecular weight excluding hydrogens is 398 g/mol. The van der Waals surface area contributed by atoms with E-state index in [1.165, 1.54) is 83.5 Å². The summed E-state index contributed by atoms with van der Waals surface area (Å²) < 4.78 is 17.8. The Kier molecular flexibility index (Phi) is 36.7. The second-order valence-electron chi connectivity index (χ2n) is 5.92. The maximum Gasteiger partial charge on any atom is 0.466 e. The van der Waals surface area contributed by atoms with Crippen LogP contribution >= 0.6 is 15.6 Å². The van der Waals surface area contributed by atoms with Crippen molar-refractivity contribution in [3.8, 4) is 0 Å². The lowest BCUT2D eigenvalue weighted by atomic mass is 10.1. The Balaban J connectivity index is -0.000000112. The molecule has 0 aliphatic rings. The van der Waals surface area contributed by atoms with Crippen LogP contribution in [0, 0.1) is 0 Å². The number of hydrogen-bond donors (Lipinski definition) is 6. The highest BCUT2D eigenvalue weighted by Crippen LogP contribution is 2.26. The average Bonchev–Trinajstić information content (AvgIpc) is 2.41. The van der Waals surface area contributed by atoms with E-state index < -0.39 is 15.6 Å². The van der Waals surface area contributed by atoms with Gasteiger partial charge in [0.15, 0.2) is 0 Å². The van der Waals surface area contributed by atoms with Gasteiger partial charge in [-0.05, 0) is 0 Å². The zero-order chi connectivity index (χ0) is 20.2. The van der Waals surface area contributed by atoms with Gasteiger partial charge >= 0.3 is 15.6 Å². The lowest BCUT2D eigenvalue weighted by molar-refractivity contribution is 0.272. The van der Waals surface area contributed by atoms with Crippen molar-refractivity contribution in [3.63, 3.8) is 0 Å². The molecule has 0 unspecified atom stereocenters. The van der Waals surface area contributed by atoms with Gasteiger partial charge in [0.1, 0.15) is 0 Å². The van der Waals surface area contributed by atoms with Crippen molar-refractivity contribution in [1.29, 1.82) is 0 Å². The lowest BCUT2D eigenvalue weighted by Crippen LogP contribution is -1.82. The van der Waals surface area contributed by atoms with E-state index in [1.807, 2.05) is 0 Å². The molecule has 9 nitrogen and oxygen atoms in total. The molecule has 0 amide bonds. The average molecular weight is 442 g/mol. The predicted molar refractivity (Wildman–Crippen MR) is 110 cm³/mol. The summed E-state index contributed by atoms with van der Waals surface area (Å²) in [6, 6.07) is 0. The Morgan fingerprint density at radius 2 is 0.593 bits per heavy atom. The second kappa shape index (κ2) is 26.2. The van der Waals surface area contributed by atoms with Crippen LogP contribution < -0.4 is 0 Å². The van der Waals surface area contributed by atoms with Gasteiger partial charge in [-0.2, -0.15) is 0 Å².